The Balaban J connectivity index is 1.72. The predicted molar refractivity (Wildman–Crippen MR) is 109 cm³/mol. The van der Waals surface area contributed by atoms with E-state index >= 15 is 0 Å². The monoisotopic (exact) mass is 390 g/mol. The van der Waals surface area contributed by atoms with Crippen molar-refractivity contribution in [3.05, 3.63) is 59.4 Å². The van der Waals surface area contributed by atoms with Crippen LogP contribution in [0.4, 0.5) is 0 Å². The predicted octanol–water partition coefficient (Wildman–Crippen LogP) is 1.74. The van der Waals surface area contributed by atoms with Crippen molar-refractivity contribution in [3.63, 3.8) is 0 Å². The molecule has 0 bridgehead atoms. The molecule has 0 spiro atoms. The molecule has 7 heteroatoms. The number of rotatable bonds is 7. The Bertz CT molecular complexity index is 854. The van der Waals surface area contributed by atoms with Gasteiger partial charge in [-0.05, 0) is 37.2 Å². The lowest BCUT2D eigenvalue weighted by Crippen LogP contribution is -2.49. The third-order valence-corrected chi connectivity index (χ3v) is 6.70. The van der Waals surface area contributed by atoms with Gasteiger partial charge in [0.05, 0.1) is 11.8 Å². The van der Waals surface area contributed by atoms with E-state index in [-0.39, 0.29) is 11.8 Å². The second-order valence-corrected chi connectivity index (χ2v) is 9.24. The van der Waals surface area contributed by atoms with E-state index in [9.17, 15) is 8.42 Å². The van der Waals surface area contributed by atoms with Crippen LogP contribution in [0.15, 0.2) is 42.6 Å². The van der Waals surface area contributed by atoms with Gasteiger partial charge in [0.15, 0.2) is 0 Å². The maximum atomic E-state index is 12.7. The maximum Gasteiger partial charge on any atom is 0.215 e. The van der Waals surface area contributed by atoms with Crippen LogP contribution in [0.5, 0.6) is 0 Å². The summed E-state index contributed by atoms with van der Waals surface area (Å²) in [7, 11) is 0.737. The van der Waals surface area contributed by atoms with Gasteiger partial charge >= 0.3 is 0 Å². The van der Waals surface area contributed by atoms with E-state index in [0.717, 1.165) is 43.0 Å². The summed E-state index contributed by atoms with van der Waals surface area (Å²) in [5, 5.41) is 0. The van der Waals surface area contributed by atoms with Crippen molar-refractivity contribution in [1.82, 2.24) is 19.1 Å². The summed E-state index contributed by atoms with van der Waals surface area (Å²) >= 11 is 0. The number of likely N-dealkylation sites (N-methyl/N-ethyl adjacent to an activating group) is 1. The molecule has 1 aliphatic rings. The van der Waals surface area contributed by atoms with Crippen molar-refractivity contribution in [2.45, 2.75) is 18.7 Å². The van der Waals surface area contributed by atoms with Gasteiger partial charge in [0.25, 0.3) is 0 Å². The Kier molecular flexibility index (Phi) is 6.37. The number of benzene rings is 1. The van der Waals surface area contributed by atoms with E-state index in [1.165, 1.54) is 0 Å². The Morgan fingerprint density at radius 1 is 1.04 bits per heavy atom. The van der Waals surface area contributed by atoms with Gasteiger partial charge in [0, 0.05) is 51.7 Å². The second kappa shape index (κ2) is 8.56. The van der Waals surface area contributed by atoms with Gasteiger partial charge in [0.1, 0.15) is 0 Å². The van der Waals surface area contributed by atoms with Crippen molar-refractivity contribution in [2.75, 3.05) is 39.8 Å². The fourth-order valence-corrected chi connectivity index (χ4v) is 4.86. The van der Waals surface area contributed by atoms with Crippen LogP contribution >= 0.6 is 0 Å². The normalized spacial score (nSPS) is 17.9. The SMILES string of the molecule is Cc1ccccc1CS(=O)(=O)NCC(c1cccn1C)N1CCN(C)CC1. The fourth-order valence-electron chi connectivity index (χ4n) is 3.61. The van der Waals surface area contributed by atoms with Crippen LogP contribution in [0.2, 0.25) is 0 Å². The first-order valence-electron chi connectivity index (χ1n) is 9.41. The summed E-state index contributed by atoms with van der Waals surface area (Å²) in [6.45, 7) is 6.20. The Labute approximate surface area is 162 Å². The fraction of sp³-hybridized carbons (Fsp3) is 0.500. The molecule has 2 aromatic rings. The minimum absolute atomic E-state index is 0.0161. The summed E-state index contributed by atoms with van der Waals surface area (Å²) in [5.74, 6) is 0.0161. The van der Waals surface area contributed by atoms with Gasteiger partial charge in [-0.3, -0.25) is 4.90 Å². The first-order chi connectivity index (χ1) is 12.9. The minimum atomic E-state index is -3.40. The summed E-state index contributed by atoms with van der Waals surface area (Å²) in [5.41, 5.74) is 2.99. The Hall–Kier alpha value is -1.67. The Morgan fingerprint density at radius 2 is 1.74 bits per heavy atom. The van der Waals surface area contributed by atoms with E-state index in [1.807, 2.05) is 50.5 Å². The molecular formula is C20H30N4O2S. The molecule has 0 radical (unpaired) electrons. The van der Waals surface area contributed by atoms with Gasteiger partial charge in [-0.2, -0.15) is 0 Å². The number of piperazine rings is 1. The molecular weight excluding hydrogens is 360 g/mol. The van der Waals surface area contributed by atoms with Crippen molar-refractivity contribution in [3.8, 4) is 0 Å². The van der Waals surface area contributed by atoms with Gasteiger partial charge < -0.3 is 9.47 Å². The lowest BCUT2D eigenvalue weighted by molar-refractivity contribution is 0.109. The van der Waals surface area contributed by atoms with Gasteiger partial charge in [-0.1, -0.05) is 24.3 Å². The highest BCUT2D eigenvalue weighted by Gasteiger charge is 2.27. The van der Waals surface area contributed by atoms with Crippen LogP contribution in [0.1, 0.15) is 22.9 Å². The molecule has 1 saturated heterocycles. The molecule has 1 N–H and O–H groups in total. The molecule has 2 heterocycles. The summed E-state index contributed by atoms with van der Waals surface area (Å²) in [6.07, 6.45) is 2.01. The minimum Gasteiger partial charge on any atom is -0.353 e. The van der Waals surface area contributed by atoms with E-state index < -0.39 is 10.0 Å². The molecule has 6 nitrogen and oxygen atoms in total. The number of hydrogen-bond acceptors (Lipinski definition) is 4. The topological polar surface area (TPSA) is 57.6 Å². The molecule has 1 atom stereocenters. The van der Waals surface area contributed by atoms with Gasteiger partial charge in [-0.15, -0.1) is 0 Å². The van der Waals surface area contributed by atoms with E-state index in [0.29, 0.717) is 6.54 Å². The molecule has 3 rings (SSSR count). The zero-order chi connectivity index (χ0) is 19.4. The zero-order valence-corrected chi connectivity index (χ0v) is 17.2. The highest BCUT2D eigenvalue weighted by molar-refractivity contribution is 7.88. The second-order valence-electron chi connectivity index (χ2n) is 7.43. The summed E-state index contributed by atoms with van der Waals surface area (Å²) < 4.78 is 30.3. The quantitative estimate of drug-likeness (QED) is 0.782. The standard InChI is InChI=1S/C20H30N4O2S/c1-17-7-4-5-8-18(17)16-27(25,26)21-15-20(19-9-6-10-23(19)3)24-13-11-22(2)12-14-24/h4-10,20-21H,11-16H2,1-3H3. The van der Waals surface area contributed by atoms with Crippen LogP contribution in [0.3, 0.4) is 0 Å². The average Bonchev–Trinajstić information content (AvgIpc) is 3.04. The number of aromatic nitrogens is 1. The molecule has 1 fully saturated rings. The van der Waals surface area contributed by atoms with Crippen molar-refractivity contribution >= 4 is 10.0 Å². The lowest BCUT2D eigenvalue weighted by Gasteiger charge is -2.38. The summed E-state index contributed by atoms with van der Waals surface area (Å²) in [4.78, 5) is 4.69. The first kappa shape index (κ1) is 20.1. The lowest BCUT2D eigenvalue weighted by atomic mass is 10.1. The van der Waals surface area contributed by atoms with E-state index in [2.05, 4.69) is 32.2 Å². The molecule has 148 valence electrons. The summed E-state index contributed by atoms with van der Waals surface area (Å²) in [6, 6.07) is 11.8. The van der Waals surface area contributed by atoms with Crippen molar-refractivity contribution in [2.24, 2.45) is 7.05 Å². The number of aryl methyl sites for hydroxylation is 2. The average molecular weight is 391 g/mol. The largest absolute Gasteiger partial charge is 0.353 e. The molecule has 1 aromatic heterocycles. The van der Waals surface area contributed by atoms with Crippen LogP contribution in [0.25, 0.3) is 0 Å². The van der Waals surface area contributed by atoms with E-state index in [1.54, 1.807) is 0 Å². The van der Waals surface area contributed by atoms with Crippen LogP contribution < -0.4 is 4.72 Å². The molecule has 0 saturated carbocycles. The smallest absolute Gasteiger partial charge is 0.215 e. The van der Waals surface area contributed by atoms with Crippen molar-refractivity contribution < 1.29 is 8.42 Å². The molecule has 27 heavy (non-hydrogen) atoms. The number of hydrogen-bond donors (Lipinski definition) is 1. The third kappa shape index (κ3) is 5.19. The van der Waals surface area contributed by atoms with Crippen molar-refractivity contribution in [1.29, 1.82) is 0 Å². The van der Waals surface area contributed by atoms with Crippen LogP contribution in [0, 0.1) is 6.92 Å². The number of nitrogens with one attached hydrogen (secondary N) is 1. The molecule has 1 aliphatic heterocycles. The Morgan fingerprint density at radius 3 is 2.37 bits per heavy atom. The van der Waals surface area contributed by atoms with E-state index in [4.69, 9.17) is 0 Å². The first-order valence-corrected chi connectivity index (χ1v) is 11.1. The number of nitrogens with zero attached hydrogens (tertiary/aromatic N) is 3. The molecule has 1 aromatic carbocycles. The highest BCUT2D eigenvalue weighted by atomic mass is 32.2. The molecule has 0 aliphatic carbocycles. The number of sulfonamides is 1. The molecule has 1 unspecified atom stereocenters. The van der Waals surface area contributed by atoms with Gasteiger partial charge in [0.2, 0.25) is 10.0 Å². The third-order valence-electron chi connectivity index (χ3n) is 5.41. The van der Waals surface area contributed by atoms with Gasteiger partial charge in [-0.25, -0.2) is 13.1 Å². The zero-order valence-electron chi connectivity index (χ0n) is 16.4. The van der Waals surface area contributed by atoms with Crippen LogP contribution in [-0.4, -0.2) is 62.6 Å². The molecule has 0 amide bonds. The maximum absolute atomic E-state index is 12.7. The highest BCUT2D eigenvalue weighted by Crippen LogP contribution is 2.22. The van der Waals surface area contributed by atoms with Crippen LogP contribution in [-0.2, 0) is 22.8 Å².